The highest BCUT2D eigenvalue weighted by Crippen LogP contribution is 2.36. The minimum atomic E-state index is -6.00. The fourth-order valence-corrected chi connectivity index (χ4v) is 4.40. The molecule has 3 rings (SSSR count). The summed E-state index contributed by atoms with van der Waals surface area (Å²) in [5.74, 6) is -8.84. The van der Waals surface area contributed by atoms with Crippen LogP contribution in [0.5, 0.6) is 0 Å². The maximum absolute atomic E-state index is 13.5. The molecule has 0 unspecified atom stereocenters. The Kier molecular flexibility index (Phi) is 10.3. The molecule has 0 spiro atoms. The van der Waals surface area contributed by atoms with Crippen LogP contribution in [0.1, 0.15) is 46.0 Å². The maximum atomic E-state index is 13.5. The molecule has 0 bridgehead atoms. The molecule has 0 atom stereocenters. The van der Waals surface area contributed by atoms with Crippen LogP contribution < -0.4 is 16.1 Å². The Hall–Kier alpha value is -3.58. The van der Waals surface area contributed by atoms with E-state index >= 15 is 0 Å². The van der Waals surface area contributed by atoms with Gasteiger partial charge in [-0.3, -0.25) is 15.0 Å². The average Bonchev–Trinajstić information content (AvgIpc) is 3.31. The molecule has 0 saturated carbocycles. The first-order valence-electron chi connectivity index (χ1n) is 11.9. The van der Waals surface area contributed by atoms with Crippen LogP contribution in [0.25, 0.3) is 5.82 Å². The molecule has 2 aromatic heterocycles. The van der Waals surface area contributed by atoms with E-state index in [1.165, 1.54) is 18.3 Å². The number of carbonyl (C=O) groups is 2. The minimum Gasteiger partial charge on any atom is -0.350 e. The van der Waals surface area contributed by atoms with Gasteiger partial charge < -0.3 is 10.6 Å². The van der Waals surface area contributed by atoms with Crippen molar-refractivity contribution >= 4 is 57.5 Å². The van der Waals surface area contributed by atoms with Gasteiger partial charge in [0, 0.05) is 21.0 Å². The lowest BCUT2D eigenvalue weighted by atomic mass is 10.1. The first kappa shape index (κ1) is 32.9. The summed E-state index contributed by atoms with van der Waals surface area (Å²) in [5, 5.41) is 22.5. The van der Waals surface area contributed by atoms with Crippen molar-refractivity contribution in [3.8, 4) is 5.82 Å². The summed E-state index contributed by atoms with van der Waals surface area (Å²) in [6.45, 7) is 5.00. The number of hydrogen-bond acceptors (Lipinski definition) is 6. The molecule has 0 radical (unpaired) electrons. The van der Waals surface area contributed by atoms with E-state index < -0.39 is 29.7 Å². The molecule has 18 heteroatoms. The number of nitrogens with two attached hydrogens (primary N) is 1. The summed E-state index contributed by atoms with van der Waals surface area (Å²) < 4.78 is 65.5. The third kappa shape index (κ3) is 7.62. The van der Waals surface area contributed by atoms with Crippen molar-refractivity contribution in [3.63, 3.8) is 0 Å². The number of carbonyl (C=O) groups excluding carboxylic acids is 2. The van der Waals surface area contributed by atoms with Crippen molar-refractivity contribution in [2.75, 3.05) is 5.32 Å². The summed E-state index contributed by atoms with van der Waals surface area (Å²) in [6.07, 6.45) is -4.61. The van der Waals surface area contributed by atoms with Crippen molar-refractivity contribution in [3.05, 3.63) is 67.6 Å². The van der Waals surface area contributed by atoms with Crippen molar-refractivity contribution in [1.29, 1.82) is 5.41 Å². The molecule has 11 nitrogen and oxygen atoms in total. The number of quaternary nitrogens is 1. The molecule has 2 amide bonds. The van der Waals surface area contributed by atoms with Gasteiger partial charge in [-0.25, -0.2) is 9.67 Å². The highest BCUT2D eigenvalue weighted by molar-refractivity contribution is 14.1. The third-order valence-corrected chi connectivity index (χ3v) is 6.25. The lowest BCUT2D eigenvalue weighted by molar-refractivity contribution is -0.684. The molecule has 1 aromatic carbocycles. The lowest BCUT2D eigenvalue weighted by Crippen LogP contribution is -2.76. The van der Waals surface area contributed by atoms with Crippen molar-refractivity contribution in [2.45, 2.75) is 45.5 Å². The number of nitrogens with zero attached hydrogens (tertiary/aromatic N) is 5. The van der Waals surface area contributed by atoms with Crippen LogP contribution in [0.2, 0.25) is 5.02 Å². The van der Waals surface area contributed by atoms with Crippen molar-refractivity contribution in [2.24, 2.45) is 10.3 Å². The summed E-state index contributed by atoms with van der Waals surface area (Å²) >= 11 is 8.31. The molecule has 2 heterocycles. The highest BCUT2D eigenvalue weighted by atomic mass is 127. The van der Waals surface area contributed by atoms with Gasteiger partial charge in [-0.1, -0.05) is 16.7 Å². The number of pyridine rings is 1. The van der Waals surface area contributed by atoms with E-state index in [0.29, 0.717) is 5.56 Å². The molecule has 42 heavy (non-hydrogen) atoms. The first-order valence-corrected chi connectivity index (χ1v) is 13.4. The predicted octanol–water partition coefficient (Wildman–Crippen LogP) is 4.83. The van der Waals surface area contributed by atoms with E-state index in [2.05, 4.69) is 31.1 Å². The fourth-order valence-electron chi connectivity index (χ4n) is 3.42. The normalized spacial score (nSPS) is 12.2. The zero-order valence-corrected chi connectivity index (χ0v) is 24.9. The van der Waals surface area contributed by atoms with Gasteiger partial charge in [0.2, 0.25) is 5.84 Å². The largest absolute Gasteiger partial charge is 0.461 e. The van der Waals surface area contributed by atoms with Crippen LogP contribution in [0, 0.1) is 15.9 Å². The van der Waals surface area contributed by atoms with Gasteiger partial charge in [-0.2, -0.15) is 32.5 Å². The number of halogens is 7. The van der Waals surface area contributed by atoms with Gasteiger partial charge in [0.15, 0.2) is 5.82 Å². The number of benzene rings is 1. The van der Waals surface area contributed by atoms with Crippen LogP contribution in [-0.2, 0) is 6.54 Å². The maximum Gasteiger partial charge on any atom is 0.461 e. The van der Waals surface area contributed by atoms with E-state index in [1.807, 2.05) is 22.6 Å². The third-order valence-electron chi connectivity index (χ3n) is 5.33. The van der Waals surface area contributed by atoms with Gasteiger partial charge >= 0.3 is 12.1 Å². The average molecular weight is 727 g/mol. The number of aryl methyl sites for hydroxylation is 1. The number of nitrogens with one attached hydrogen (secondary N) is 3. The Labute approximate surface area is 253 Å². The van der Waals surface area contributed by atoms with Crippen LogP contribution >= 0.6 is 34.2 Å². The number of amides is 2. The van der Waals surface area contributed by atoms with Crippen LogP contribution in [0.3, 0.4) is 0 Å². The second-order valence-electron chi connectivity index (χ2n) is 8.99. The first-order chi connectivity index (χ1) is 19.5. The molecule has 0 saturated heterocycles. The number of anilines is 1. The number of amidine groups is 1. The minimum absolute atomic E-state index is 0.0564. The Morgan fingerprint density at radius 1 is 1.19 bits per heavy atom. The number of rotatable bonds is 9. The van der Waals surface area contributed by atoms with Crippen LogP contribution in [0.15, 0.2) is 46.9 Å². The van der Waals surface area contributed by atoms with Crippen LogP contribution in [-0.4, -0.2) is 50.6 Å². The second kappa shape index (κ2) is 13.2. The Bertz CT molecular complexity index is 1540. The molecule has 0 aliphatic rings. The van der Waals surface area contributed by atoms with Gasteiger partial charge in [-0.15, -0.1) is 0 Å². The smallest absolute Gasteiger partial charge is 0.350 e. The van der Waals surface area contributed by atoms with Crippen molar-refractivity contribution in [1.82, 2.24) is 20.1 Å². The SMILES string of the molecule is Cc1cc(I)cc(C(=O)NC(C)C)c1NC(=O)c1cc(C[NH2+]N=NC(=N)C(F)(F)C(F)(F)F)nn1-c1ncccc1Cl. The monoisotopic (exact) mass is 726 g/mol. The molecule has 0 aliphatic carbocycles. The molecule has 0 fully saturated rings. The molecule has 224 valence electrons. The van der Waals surface area contributed by atoms with Gasteiger partial charge in [0.1, 0.15) is 17.9 Å². The topological polar surface area (TPSA) is 154 Å². The summed E-state index contributed by atoms with van der Waals surface area (Å²) in [6, 6.07) is 7.53. The molecular weight excluding hydrogens is 704 g/mol. The molecular formula is C24H23ClF5IN9O2+. The predicted molar refractivity (Wildman–Crippen MR) is 150 cm³/mol. The van der Waals surface area contributed by atoms with E-state index in [0.717, 1.165) is 13.7 Å². The molecule has 5 N–H and O–H groups in total. The van der Waals surface area contributed by atoms with Crippen LogP contribution in [0.4, 0.5) is 27.6 Å². The van der Waals surface area contributed by atoms with E-state index in [1.54, 1.807) is 39.0 Å². The zero-order valence-electron chi connectivity index (χ0n) is 22.0. The summed E-state index contributed by atoms with van der Waals surface area (Å²) in [7, 11) is 0. The van der Waals surface area contributed by atoms with Gasteiger partial charge in [0.05, 0.1) is 16.3 Å². The number of aromatic nitrogens is 3. The fraction of sp³-hybridized carbons (Fsp3) is 0.292. The second-order valence-corrected chi connectivity index (χ2v) is 10.6. The Balaban J connectivity index is 1.94. The number of hydrogen-bond donors (Lipinski definition) is 4. The highest BCUT2D eigenvalue weighted by Gasteiger charge is 2.61. The summed E-state index contributed by atoms with van der Waals surface area (Å²) in [4.78, 5) is 30.6. The van der Waals surface area contributed by atoms with E-state index in [-0.39, 0.29) is 46.1 Å². The molecule has 3 aromatic rings. The van der Waals surface area contributed by atoms with Gasteiger partial charge in [-0.05, 0) is 79.3 Å². The lowest BCUT2D eigenvalue weighted by Gasteiger charge is -2.16. The van der Waals surface area contributed by atoms with Crippen molar-refractivity contribution < 1.29 is 37.0 Å². The quantitative estimate of drug-likeness (QED) is 0.0475. The Morgan fingerprint density at radius 2 is 1.88 bits per heavy atom. The Morgan fingerprint density at radius 3 is 2.50 bits per heavy atom. The van der Waals surface area contributed by atoms with Gasteiger partial charge in [0.25, 0.3) is 11.8 Å². The summed E-state index contributed by atoms with van der Waals surface area (Å²) in [5.41, 5.74) is 1.90. The van der Waals surface area contributed by atoms with E-state index in [9.17, 15) is 31.5 Å². The number of alkyl halides is 5. The zero-order chi connectivity index (χ0) is 31.4. The van der Waals surface area contributed by atoms with E-state index in [4.69, 9.17) is 17.0 Å². The molecule has 0 aliphatic heterocycles. The standard InChI is InChI=1S/C24H22ClF5IN9O2/c1-11(2)35-20(41)15-8-13(31)7-12(3)18(15)36-21(42)17-9-14(38-40(17)19-16(25)5-4-6-33-19)10-34-39-37-22(32)23(26,27)24(28,29)30/h4-9,11H,10H2,1-3H3,(H,35,41)(H,36,42)(H2,32,34,37)/p+1.